The molecule has 0 spiro atoms. The predicted molar refractivity (Wildman–Crippen MR) is 107 cm³/mol. The van der Waals surface area contributed by atoms with Crippen LogP contribution in [0.1, 0.15) is 124 Å². The molecule has 0 aromatic rings. The summed E-state index contributed by atoms with van der Waals surface area (Å²) in [6.45, 7) is 6.29. The van der Waals surface area contributed by atoms with E-state index in [1.807, 2.05) is 13.8 Å². The molecule has 0 aliphatic carbocycles. The molecule has 0 heterocycles. The second kappa shape index (κ2) is 17.9. The third kappa shape index (κ3) is 15.6. The van der Waals surface area contributed by atoms with Crippen molar-refractivity contribution in [2.45, 2.75) is 129 Å². The average molecular weight is 360 g/mol. The fraction of sp³-hybridized carbons (Fsp3) is 1.00. The summed E-state index contributed by atoms with van der Waals surface area (Å²) < 4.78 is 22.2. The van der Waals surface area contributed by atoms with Crippen LogP contribution in [0.15, 0.2) is 0 Å². The molecule has 0 aromatic heterocycles. The SMILES string of the molecule is CCCCCCCCCCCCCCCCCC(C(C)C)S(=O)[O-]. The Kier molecular flexibility index (Phi) is 18.0. The molecule has 0 saturated carbocycles. The van der Waals surface area contributed by atoms with E-state index in [-0.39, 0.29) is 11.2 Å². The highest BCUT2D eigenvalue weighted by molar-refractivity contribution is 7.79. The zero-order valence-corrected chi connectivity index (χ0v) is 17.5. The van der Waals surface area contributed by atoms with E-state index in [1.165, 1.54) is 89.9 Å². The maximum Gasteiger partial charge on any atom is 0.0238 e. The van der Waals surface area contributed by atoms with Crippen LogP contribution in [0.4, 0.5) is 0 Å². The Morgan fingerprint density at radius 3 is 1.29 bits per heavy atom. The molecule has 0 aromatic carbocycles. The number of unbranched alkanes of at least 4 members (excludes halogenated alkanes) is 14. The van der Waals surface area contributed by atoms with Gasteiger partial charge in [-0.15, -0.1) is 0 Å². The first-order chi connectivity index (χ1) is 11.6. The lowest BCUT2D eigenvalue weighted by Gasteiger charge is -2.23. The molecule has 0 fully saturated rings. The lowest BCUT2D eigenvalue weighted by atomic mass is 10.0. The Balaban J connectivity index is 3.21. The van der Waals surface area contributed by atoms with Crippen molar-refractivity contribution in [1.82, 2.24) is 0 Å². The van der Waals surface area contributed by atoms with Crippen molar-refractivity contribution < 1.29 is 8.76 Å². The highest BCUT2D eigenvalue weighted by atomic mass is 32.2. The second-order valence-electron chi connectivity index (χ2n) is 7.78. The maximum atomic E-state index is 11.1. The van der Waals surface area contributed by atoms with Crippen molar-refractivity contribution in [2.24, 2.45) is 5.92 Å². The molecular weight excluding hydrogens is 316 g/mol. The Hall–Kier alpha value is 0.110. The molecule has 2 nitrogen and oxygen atoms in total. The number of hydrogen-bond acceptors (Lipinski definition) is 2. The van der Waals surface area contributed by atoms with E-state index in [2.05, 4.69) is 6.92 Å². The minimum atomic E-state index is -1.90. The average Bonchev–Trinajstić information content (AvgIpc) is 2.53. The van der Waals surface area contributed by atoms with Gasteiger partial charge in [-0.3, -0.25) is 4.21 Å². The monoisotopic (exact) mass is 359 g/mol. The molecule has 0 N–H and O–H groups in total. The summed E-state index contributed by atoms with van der Waals surface area (Å²) >= 11 is -1.90. The Morgan fingerprint density at radius 1 is 0.667 bits per heavy atom. The van der Waals surface area contributed by atoms with E-state index in [0.29, 0.717) is 0 Å². The Labute approximate surface area is 154 Å². The van der Waals surface area contributed by atoms with Crippen LogP contribution < -0.4 is 0 Å². The number of rotatable bonds is 18. The molecule has 0 bridgehead atoms. The lowest BCUT2D eigenvalue weighted by Crippen LogP contribution is -2.21. The minimum absolute atomic E-state index is 0.146. The van der Waals surface area contributed by atoms with Gasteiger partial charge in [0.1, 0.15) is 0 Å². The van der Waals surface area contributed by atoms with Crippen molar-refractivity contribution in [3.63, 3.8) is 0 Å². The van der Waals surface area contributed by atoms with E-state index in [9.17, 15) is 8.76 Å². The van der Waals surface area contributed by atoms with Gasteiger partial charge in [0.15, 0.2) is 0 Å². The number of hydrogen-bond donors (Lipinski definition) is 0. The van der Waals surface area contributed by atoms with Crippen molar-refractivity contribution in [2.75, 3.05) is 0 Å². The van der Waals surface area contributed by atoms with Crippen molar-refractivity contribution in [1.29, 1.82) is 0 Å². The van der Waals surface area contributed by atoms with E-state index in [1.54, 1.807) is 0 Å². The lowest BCUT2D eigenvalue weighted by molar-refractivity contribution is 0.460. The molecule has 2 unspecified atom stereocenters. The topological polar surface area (TPSA) is 40.1 Å². The summed E-state index contributed by atoms with van der Waals surface area (Å²) in [6.07, 6.45) is 21.2. The summed E-state index contributed by atoms with van der Waals surface area (Å²) in [5.41, 5.74) is 0. The minimum Gasteiger partial charge on any atom is -0.772 e. The van der Waals surface area contributed by atoms with Gasteiger partial charge in [0.05, 0.1) is 0 Å². The van der Waals surface area contributed by atoms with E-state index >= 15 is 0 Å². The zero-order chi connectivity index (χ0) is 18.0. The first-order valence-corrected chi connectivity index (χ1v) is 11.8. The van der Waals surface area contributed by atoms with Gasteiger partial charge in [-0.1, -0.05) is 128 Å². The predicted octanol–water partition coefficient (Wildman–Crippen LogP) is 7.15. The van der Waals surface area contributed by atoms with Crippen LogP contribution in [0.5, 0.6) is 0 Å². The molecule has 3 heteroatoms. The molecule has 2 atom stereocenters. The normalized spacial score (nSPS) is 14.2. The summed E-state index contributed by atoms with van der Waals surface area (Å²) in [6, 6.07) is 0. The van der Waals surface area contributed by atoms with Crippen LogP contribution in [0, 0.1) is 5.92 Å². The third-order valence-electron chi connectivity index (χ3n) is 5.08. The van der Waals surface area contributed by atoms with Gasteiger partial charge in [-0.05, 0) is 12.3 Å². The summed E-state index contributed by atoms with van der Waals surface area (Å²) in [7, 11) is 0. The van der Waals surface area contributed by atoms with Crippen molar-refractivity contribution in [3.8, 4) is 0 Å². The van der Waals surface area contributed by atoms with Crippen LogP contribution in [0.2, 0.25) is 0 Å². The fourth-order valence-corrected chi connectivity index (χ4v) is 4.17. The summed E-state index contributed by atoms with van der Waals surface area (Å²) in [4.78, 5) is 0. The molecule has 0 aliphatic heterocycles. The smallest absolute Gasteiger partial charge is 0.0238 e. The van der Waals surface area contributed by atoms with Gasteiger partial charge in [0.2, 0.25) is 0 Å². The first-order valence-electron chi connectivity index (χ1n) is 10.7. The molecule has 0 amide bonds. The molecule has 24 heavy (non-hydrogen) atoms. The van der Waals surface area contributed by atoms with E-state index < -0.39 is 11.1 Å². The van der Waals surface area contributed by atoms with Crippen molar-refractivity contribution in [3.05, 3.63) is 0 Å². The van der Waals surface area contributed by atoms with Gasteiger partial charge >= 0.3 is 0 Å². The van der Waals surface area contributed by atoms with E-state index in [4.69, 9.17) is 0 Å². The van der Waals surface area contributed by atoms with Crippen LogP contribution in [0.25, 0.3) is 0 Å². The summed E-state index contributed by atoms with van der Waals surface area (Å²) in [5.74, 6) is 0.245. The Bertz CT molecular complexity index is 279. The third-order valence-corrected chi connectivity index (χ3v) is 6.36. The van der Waals surface area contributed by atoms with Crippen LogP contribution in [-0.2, 0) is 11.1 Å². The van der Waals surface area contributed by atoms with Gasteiger partial charge in [0, 0.05) is 5.25 Å². The highest BCUT2D eigenvalue weighted by Crippen LogP contribution is 2.18. The molecule has 0 radical (unpaired) electrons. The standard InChI is InChI=1S/C21H44O2S/c1-4-5-6-7-8-9-10-11-12-13-14-15-16-17-18-19-21(20(2)3)24(22)23/h20-21H,4-19H2,1-3H3,(H,22,23)/p-1. The highest BCUT2D eigenvalue weighted by Gasteiger charge is 2.13. The van der Waals surface area contributed by atoms with Gasteiger partial charge in [-0.2, -0.15) is 0 Å². The largest absolute Gasteiger partial charge is 0.772 e. The Morgan fingerprint density at radius 2 is 1.00 bits per heavy atom. The van der Waals surface area contributed by atoms with Crippen LogP contribution in [-0.4, -0.2) is 14.0 Å². The van der Waals surface area contributed by atoms with Crippen molar-refractivity contribution >= 4 is 11.1 Å². The van der Waals surface area contributed by atoms with Crippen LogP contribution in [0.3, 0.4) is 0 Å². The molecule has 0 saturated heterocycles. The fourth-order valence-electron chi connectivity index (χ4n) is 3.37. The van der Waals surface area contributed by atoms with Crippen LogP contribution >= 0.6 is 0 Å². The van der Waals surface area contributed by atoms with E-state index in [0.717, 1.165) is 12.8 Å². The molecule has 0 aliphatic rings. The zero-order valence-electron chi connectivity index (χ0n) is 16.7. The molecular formula is C21H43O2S-. The second-order valence-corrected chi connectivity index (χ2v) is 8.91. The quantitative estimate of drug-likeness (QED) is 0.192. The first kappa shape index (κ1) is 24.1. The van der Waals surface area contributed by atoms with Gasteiger partial charge < -0.3 is 4.55 Å². The maximum absolute atomic E-state index is 11.1. The van der Waals surface area contributed by atoms with Gasteiger partial charge in [-0.25, -0.2) is 0 Å². The summed E-state index contributed by atoms with van der Waals surface area (Å²) in [5, 5.41) is -0.146. The van der Waals surface area contributed by atoms with Gasteiger partial charge in [0.25, 0.3) is 0 Å². The molecule has 0 rings (SSSR count). The molecule has 146 valence electrons.